The summed E-state index contributed by atoms with van der Waals surface area (Å²) >= 11 is 0. The van der Waals surface area contributed by atoms with Crippen LogP contribution in [-0.4, -0.2) is 89.1 Å². The van der Waals surface area contributed by atoms with Gasteiger partial charge in [-0.3, -0.25) is 24.0 Å². The Kier molecular flexibility index (Phi) is 9.90. The van der Waals surface area contributed by atoms with Gasteiger partial charge in [0.05, 0.1) is 11.8 Å². The highest BCUT2D eigenvalue weighted by molar-refractivity contribution is 7.91. The van der Waals surface area contributed by atoms with Crippen LogP contribution in [0.4, 0.5) is 9.59 Å². The SMILES string of the molecule is CC(C)(C)NC(=O)N[C@H]1CCCCCC=C[C@@H]2C[C@@]2(C(=O)NS(=O)(=O)C2CC2)NC(=O)[C@@H]2C[C@@H](OC(=O)N3Cc4ccccc4C3)CN2C1=O. The minimum absolute atomic E-state index is 0.0381. The van der Waals surface area contributed by atoms with E-state index in [-0.39, 0.29) is 19.4 Å². The lowest BCUT2D eigenvalue weighted by atomic mass is 10.0. The first-order valence-electron chi connectivity index (χ1n) is 17.6. The Balaban J connectivity index is 1.25. The van der Waals surface area contributed by atoms with Crippen LogP contribution >= 0.6 is 0 Å². The molecule has 14 nitrogen and oxygen atoms in total. The summed E-state index contributed by atoms with van der Waals surface area (Å²) in [6.07, 6.45) is 6.69. The van der Waals surface area contributed by atoms with Gasteiger partial charge >= 0.3 is 12.1 Å². The molecule has 272 valence electrons. The summed E-state index contributed by atoms with van der Waals surface area (Å²) in [6, 6.07) is 5.06. The van der Waals surface area contributed by atoms with Gasteiger partial charge in [-0.05, 0) is 70.4 Å². The molecule has 0 unspecified atom stereocenters. The molecule has 3 aliphatic heterocycles. The number of urea groups is 1. The minimum Gasteiger partial charge on any atom is -0.444 e. The second-order valence-corrected chi connectivity index (χ2v) is 17.2. The zero-order valence-corrected chi connectivity index (χ0v) is 29.7. The number of ether oxygens (including phenoxy) is 1. The van der Waals surface area contributed by atoms with Crippen molar-refractivity contribution in [2.75, 3.05) is 6.54 Å². The first-order chi connectivity index (χ1) is 23.6. The number of sulfonamides is 1. The quantitative estimate of drug-likeness (QED) is 0.336. The van der Waals surface area contributed by atoms with Crippen molar-refractivity contribution in [1.82, 2.24) is 30.5 Å². The number of nitrogens with zero attached hydrogens (tertiary/aromatic N) is 2. The molecule has 5 aliphatic rings. The predicted molar refractivity (Wildman–Crippen MR) is 183 cm³/mol. The van der Waals surface area contributed by atoms with Crippen molar-refractivity contribution in [2.45, 2.75) is 126 Å². The molecule has 0 radical (unpaired) electrons. The normalized spacial score (nSPS) is 28.6. The summed E-state index contributed by atoms with van der Waals surface area (Å²) < 4.78 is 33.6. The molecular formula is C35H48N6O8S. The number of benzene rings is 1. The van der Waals surface area contributed by atoms with Gasteiger partial charge in [0.25, 0.3) is 5.91 Å². The van der Waals surface area contributed by atoms with Gasteiger partial charge in [-0.25, -0.2) is 18.0 Å². The summed E-state index contributed by atoms with van der Waals surface area (Å²) in [5.41, 5.74) is -0.0427. The number of hydrogen-bond acceptors (Lipinski definition) is 8. The van der Waals surface area contributed by atoms with Gasteiger partial charge in [-0.2, -0.15) is 0 Å². The van der Waals surface area contributed by atoms with E-state index >= 15 is 0 Å². The van der Waals surface area contributed by atoms with E-state index < -0.39 is 80.3 Å². The summed E-state index contributed by atoms with van der Waals surface area (Å²) in [5.74, 6) is -2.40. The Hall–Kier alpha value is -4.14. The average molecular weight is 713 g/mol. The number of fused-ring (bicyclic) bond motifs is 3. The summed E-state index contributed by atoms with van der Waals surface area (Å²) in [4.78, 5) is 71.3. The van der Waals surface area contributed by atoms with E-state index in [0.29, 0.717) is 45.2 Å². The lowest BCUT2D eigenvalue weighted by molar-refractivity contribution is -0.141. The molecule has 50 heavy (non-hydrogen) atoms. The van der Waals surface area contributed by atoms with E-state index in [4.69, 9.17) is 4.74 Å². The van der Waals surface area contributed by atoms with Crippen LogP contribution in [0.2, 0.25) is 0 Å². The highest BCUT2D eigenvalue weighted by Gasteiger charge is 2.62. The molecule has 2 aliphatic carbocycles. The van der Waals surface area contributed by atoms with Gasteiger partial charge in [0.1, 0.15) is 23.7 Å². The third kappa shape index (κ3) is 8.08. The van der Waals surface area contributed by atoms with Crippen molar-refractivity contribution in [3.63, 3.8) is 0 Å². The molecular weight excluding hydrogens is 664 g/mol. The number of amides is 6. The van der Waals surface area contributed by atoms with Crippen molar-refractivity contribution >= 4 is 39.9 Å². The smallest absolute Gasteiger partial charge is 0.410 e. The molecule has 0 spiro atoms. The van der Waals surface area contributed by atoms with E-state index in [9.17, 15) is 32.4 Å². The standard InChI is InChI=1S/C35H48N6O8S/c1-34(2,3)38-32(45)36-27-14-8-6-4-5-7-13-24-18-35(24,31(44)39-50(47,48)26-15-16-26)37-29(42)28-17-25(21-41(28)30(27)43)49-33(46)40-19-22-11-9-10-12-23(22)20-40/h7,9-13,24-28H,4-6,8,14-21H2,1-3H3,(H,37,42)(H,39,44)(H2,36,38,45)/t24-,25-,27+,28+,35-/m1/s1. The molecule has 6 amide bonds. The Labute approximate surface area is 293 Å². The molecule has 6 rings (SSSR count). The highest BCUT2D eigenvalue weighted by Crippen LogP contribution is 2.46. The Morgan fingerprint density at radius 3 is 2.36 bits per heavy atom. The number of carbonyl (C=O) groups is 5. The van der Waals surface area contributed by atoms with E-state index in [1.54, 1.807) is 4.90 Å². The van der Waals surface area contributed by atoms with Gasteiger partial charge < -0.3 is 25.6 Å². The third-order valence-electron chi connectivity index (χ3n) is 10.0. The van der Waals surface area contributed by atoms with Crippen molar-refractivity contribution in [3.8, 4) is 0 Å². The molecule has 5 atom stereocenters. The topological polar surface area (TPSA) is 183 Å². The van der Waals surface area contributed by atoms with Gasteiger partial charge in [0, 0.05) is 31.0 Å². The fourth-order valence-corrected chi connectivity index (χ4v) is 8.43. The van der Waals surface area contributed by atoms with Gasteiger partial charge in [-0.1, -0.05) is 49.3 Å². The monoisotopic (exact) mass is 712 g/mol. The van der Waals surface area contributed by atoms with Gasteiger partial charge in [-0.15, -0.1) is 0 Å². The lowest BCUT2D eigenvalue weighted by Crippen LogP contribution is -2.59. The number of carbonyl (C=O) groups excluding carboxylic acids is 5. The minimum atomic E-state index is -3.89. The molecule has 0 aromatic heterocycles. The average Bonchev–Trinajstić information content (AvgIpc) is 3.92. The van der Waals surface area contributed by atoms with Gasteiger partial charge in [0.2, 0.25) is 21.8 Å². The van der Waals surface area contributed by atoms with E-state index in [1.807, 2.05) is 57.2 Å². The maximum atomic E-state index is 14.3. The maximum Gasteiger partial charge on any atom is 0.410 e. The second-order valence-electron chi connectivity index (χ2n) is 15.3. The first kappa shape index (κ1) is 35.7. The molecule has 1 aromatic rings. The second kappa shape index (κ2) is 13.9. The maximum absolute atomic E-state index is 14.3. The Bertz CT molecular complexity index is 1650. The fraction of sp³-hybridized carbons (Fsp3) is 0.629. The number of rotatable bonds is 5. The van der Waals surface area contributed by atoms with Crippen LogP contribution in [0.15, 0.2) is 36.4 Å². The molecule has 3 fully saturated rings. The highest BCUT2D eigenvalue weighted by atomic mass is 32.2. The molecule has 1 saturated heterocycles. The number of allylic oxidation sites excluding steroid dienone is 1. The largest absolute Gasteiger partial charge is 0.444 e. The number of nitrogens with one attached hydrogen (secondary N) is 4. The molecule has 4 N–H and O–H groups in total. The summed E-state index contributed by atoms with van der Waals surface area (Å²) in [7, 11) is -3.89. The molecule has 3 heterocycles. The van der Waals surface area contributed by atoms with Crippen molar-refractivity contribution in [3.05, 3.63) is 47.5 Å². The molecule has 1 aromatic carbocycles. The van der Waals surface area contributed by atoms with E-state index in [0.717, 1.165) is 24.0 Å². The number of hydrogen-bond donors (Lipinski definition) is 4. The van der Waals surface area contributed by atoms with Crippen LogP contribution < -0.4 is 20.7 Å². The van der Waals surface area contributed by atoms with Gasteiger partial charge in [0.15, 0.2) is 0 Å². The van der Waals surface area contributed by atoms with Crippen LogP contribution in [0.1, 0.15) is 89.7 Å². The zero-order valence-electron chi connectivity index (χ0n) is 28.9. The summed E-state index contributed by atoms with van der Waals surface area (Å²) in [6.45, 7) is 6.12. The van der Waals surface area contributed by atoms with Crippen LogP contribution in [-0.2, 0) is 42.2 Å². The Morgan fingerprint density at radius 2 is 1.70 bits per heavy atom. The van der Waals surface area contributed by atoms with Crippen LogP contribution in [0.3, 0.4) is 0 Å². The van der Waals surface area contributed by atoms with Crippen LogP contribution in [0, 0.1) is 5.92 Å². The molecule has 0 bridgehead atoms. The first-order valence-corrected chi connectivity index (χ1v) is 19.2. The van der Waals surface area contributed by atoms with Crippen molar-refractivity contribution in [1.29, 1.82) is 0 Å². The molecule has 2 saturated carbocycles. The zero-order chi connectivity index (χ0) is 35.8. The van der Waals surface area contributed by atoms with Crippen LogP contribution in [0.5, 0.6) is 0 Å². The predicted octanol–water partition coefficient (Wildman–Crippen LogP) is 2.58. The van der Waals surface area contributed by atoms with E-state index in [2.05, 4.69) is 20.7 Å². The Morgan fingerprint density at radius 1 is 1.00 bits per heavy atom. The third-order valence-corrected chi connectivity index (χ3v) is 11.8. The van der Waals surface area contributed by atoms with E-state index in [1.165, 1.54) is 4.90 Å². The van der Waals surface area contributed by atoms with Crippen molar-refractivity contribution < 1.29 is 37.1 Å². The van der Waals surface area contributed by atoms with Crippen molar-refractivity contribution in [2.24, 2.45) is 5.92 Å². The summed E-state index contributed by atoms with van der Waals surface area (Å²) in [5, 5.41) is 7.83. The van der Waals surface area contributed by atoms with Crippen LogP contribution in [0.25, 0.3) is 0 Å². The lowest BCUT2D eigenvalue weighted by Gasteiger charge is -2.30. The fourth-order valence-electron chi connectivity index (χ4n) is 7.06. The molecule has 15 heteroatoms.